The molecule has 25 heavy (non-hydrogen) atoms. The number of amides is 1. The molecule has 1 atom stereocenters. The first-order chi connectivity index (χ1) is 12.1. The smallest absolute Gasteiger partial charge is 0.270 e. The maximum absolute atomic E-state index is 12.8. The lowest BCUT2D eigenvalue weighted by atomic mass is 10.1. The molecule has 1 amide bonds. The summed E-state index contributed by atoms with van der Waals surface area (Å²) in [4.78, 5) is 23.6. The predicted molar refractivity (Wildman–Crippen MR) is 99.0 cm³/mol. The van der Waals surface area contributed by atoms with Gasteiger partial charge in [-0.2, -0.15) is 0 Å². The minimum absolute atomic E-state index is 0.0220. The molecule has 3 heterocycles. The molecular weight excluding hydrogens is 336 g/mol. The Morgan fingerprint density at radius 2 is 2.32 bits per heavy atom. The highest BCUT2D eigenvalue weighted by molar-refractivity contribution is 7.15. The first kappa shape index (κ1) is 16.1. The van der Waals surface area contributed by atoms with E-state index in [4.69, 9.17) is 0 Å². The summed E-state index contributed by atoms with van der Waals surface area (Å²) in [6.07, 6.45) is 0.342. The van der Waals surface area contributed by atoms with Crippen molar-refractivity contribution in [2.75, 3.05) is 18.4 Å². The van der Waals surface area contributed by atoms with Gasteiger partial charge >= 0.3 is 0 Å². The van der Waals surface area contributed by atoms with Crippen molar-refractivity contribution in [2.24, 2.45) is 0 Å². The maximum Gasteiger partial charge on any atom is 0.270 e. The van der Waals surface area contributed by atoms with Gasteiger partial charge in [-0.1, -0.05) is 29.5 Å². The molecule has 1 aliphatic rings. The molecule has 0 radical (unpaired) electrons. The third-order valence-electron chi connectivity index (χ3n) is 4.33. The second kappa shape index (κ2) is 6.50. The van der Waals surface area contributed by atoms with Crippen molar-refractivity contribution in [2.45, 2.75) is 26.0 Å². The lowest BCUT2D eigenvalue weighted by molar-refractivity contribution is 0.0731. The highest BCUT2D eigenvalue weighted by Gasteiger charge is 2.25. The van der Waals surface area contributed by atoms with E-state index in [-0.39, 0.29) is 5.91 Å². The van der Waals surface area contributed by atoms with Crippen LogP contribution in [-0.2, 0) is 13.0 Å². The van der Waals surface area contributed by atoms with Crippen LogP contribution in [0.3, 0.4) is 0 Å². The molecule has 1 aliphatic heterocycles. The van der Waals surface area contributed by atoms with Crippen molar-refractivity contribution in [1.29, 1.82) is 0 Å². The fourth-order valence-electron chi connectivity index (χ4n) is 3.04. The van der Waals surface area contributed by atoms with Gasteiger partial charge in [0.15, 0.2) is 5.13 Å². The van der Waals surface area contributed by atoms with Crippen LogP contribution in [0.4, 0.5) is 5.13 Å². The number of aromatic amines is 1. The van der Waals surface area contributed by atoms with E-state index in [1.54, 1.807) is 18.3 Å². The van der Waals surface area contributed by atoms with Crippen LogP contribution < -0.4 is 5.32 Å². The first-order valence-corrected chi connectivity index (χ1v) is 9.19. The van der Waals surface area contributed by atoms with Gasteiger partial charge in [-0.05, 0) is 19.1 Å². The number of hydrogen-bond donors (Lipinski definition) is 3. The quantitative estimate of drug-likeness (QED) is 0.671. The molecule has 0 aliphatic carbocycles. The van der Waals surface area contributed by atoms with E-state index in [9.17, 15) is 9.90 Å². The van der Waals surface area contributed by atoms with E-state index < -0.39 is 6.10 Å². The molecule has 130 valence electrons. The van der Waals surface area contributed by atoms with Crippen LogP contribution in [0, 0.1) is 0 Å². The van der Waals surface area contributed by atoms with Crippen LogP contribution in [0.5, 0.6) is 0 Å². The van der Waals surface area contributed by atoms with E-state index in [1.807, 2.05) is 35.2 Å². The molecule has 0 bridgehead atoms. The zero-order chi connectivity index (χ0) is 17.4. The second-order valence-electron chi connectivity index (χ2n) is 6.37. The molecule has 6 nitrogen and oxygen atoms in total. The number of aliphatic hydroxyl groups is 1. The molecule has 0 saturated carbocycles. The van der Waals surface area contributed by atoms with Crippen LogP contribution >= 0.6 is 11.3 Å². The predicted octanol–water partition coefficient (Wildman–Crippen LogP) is 2.62. The van der Waals surface area contributed by atoms with Crippen LogP contribution in [0.15, 0.2) is 30.3 Å². The summed E-state index contributed by atoms with van der Waals surface area (Å²) in [5.74, 6) is 0.0220. The molecule has 0 spiro atoms. The lowest BCUT2D eigenvalue weighted by Gasteiger charge is -2.25. The zero-order valence-electron chi connectivity index (χ0n) is 14.0. The minimum atomic E-state index is -0.416. The number of hydrogen-bond acceptors (Lipinski definition) is 5. The third kappa shape index (κ3) is 3.25. The topological polar surface area (TPSA) is 81.2 Å². The molecule has 3 N–H and O–H groups in total. The number of rotatable bonds is 4. The van der Waals surface area contributed by atoms with Crippen LogP contribution in [0.2, 0.25) is 0 Å². The molecule has 0 fully saturated rings. The highest BCUT2D eigenvalue weighted by Crippen LogP contribution is 2.29. The Morgan fingerprint density at radius 1 is 1.48 bits per heavy atom. The van der Waals surface area contributed by atoms with E-state index in [0.29, 0.717) is 25.3 Å². The number of H-pyrrole nitrogens is 1. The van der Waals surface area contributed by atoms with Gasteiger partial charge in [-0.15, -0.1) is 0 Å². The molecule has 7 heteroatoms. The normalized spacial score (nSPS) is 15.2. The zero-order valence-corrected chi connectivity index (χ0v) is 14.8. The molecule has 0 saturated heterocycles. The van der Waals surface area contributed by atoms with Crippen LogP contribution in [0.25, 0.3) is 10.9 Å². The number of carbonyl (C=O) groups excluding carboxylic acids is 1. The number of nitrogens with one attached hydrogen (secondary N) is 2. The largest absolute Gasteiger partial charge is 0.392 e. The highest BCUT2D eigenvalue weighted by atomic mass is 32.1. The van der Waals surface area contributed by atoms with Crippen LogP contribution in [0.1, 0.15) is 28.0 Å². The Labute approximate surface area is 149 Å². The Bertz CT molecular complexity index is 882. The van der Waals surface area contributed by atoms with Crippen molar-refractivity contribution >= 4 is 33.3 Å². The standard InChI is InChI=1S/C18H20N4O2S/c1-11(23)9-19-18-21-14-6-7-22(10-16(14)25-18)17(24)15-8-12-4-2-3-5-13(12)20-15/h2-5,8,11,20,23H,6-7,9-10H2,1H3,(H,19,21). The Morgan fingerprint density at radius 3 is 3.12 bits per heavy atom. The van der Waals surface area contributed by atoms with Crippen molar-refractivity contribution in [3.63, 3.8) is 0 Å². The van der Waals surface area contributed by atoms with Gasteiger partial charge in [0, 0.05) is 35.3 Å². The molecule has 4 rings (SSSR count). The first-order valence-electron chi connectivity index (χ1n) is 8.37. The molecule has 3 aromatic rings. The van der Waals surface area contributed by atoms with E-state index in [1.165, 1.54) is 0 Å². The Hall–Kier alpha value is -2.38. The summed E-state index contributed by atoms with van der Waals surface area (Å²) in [6.45, 7) is 3.46. The number of benzene rings is 1. The van der Waals surface area contributed by atoms with Crippen LogP contribution in [-0.4, -0.2) is 45.1 Å². The molecular formula is C18H20N4O2S. The number of anilines is 1. The van der Waals surface area contributed by atoms with Gasteiger partial charge in [-0.25, -0.2) is 4.98 Å². The lowest BCUT2D eigenvalue weighted by Crippen LogP contribution is -2.35. The van der Waals surface area contributed by atoms with Gasteiger partial charge in [0.2, 0.25) is 0 Å². The second-order valence-corrected chi connectivity index (χ2v) is 7.45. The summed E-state index contributed by atoms with van der Waals surface area (Å²) < 4.78 is 0. The fraction of sp³-hybridized carbons (Fsp3) is 0.333. The number of aliphatic hydroxyl groups excluding tert-OH is 1. The minimum Gasteiger partial charge on any atom is -0.392 e. The average molecular weight is 356 g/mol. The number of thiazole rings is 1. The van der Waals surface area contributed by atoms with Gasteiger partial charge in [0.25, 0.3) is 5.91 Å². The summed E-state index contributed by atoms with van der Waals surface area (Å²) in [5.41, 5.74) is 2.66. The van der Waals surface area contributed by atoms with E-state index in [2.05, 4.69) is 15.3 Å². The number of para-hydroxylation sites is 1. The Balaban J connectivity index is 1.50. The average Bonchev–Trinajstić information content (AvgIpc) is 3.22. The van der Waals surface area contributed by atoms with Crippen molar-refractivity contribution in [3.8, 4) is 0 Å². The van der Waals surface area contributed by atoms with Gasteiger partial charge < -0.3 is 20.3 Å². The monoisotopic (exact) mass is 356 g/mol. The summed E-state index contributed by atoms with van der Waals surface area (Å²) >= 11 is 1.56. The van der Waals surface area contributed by atoms with Crippen molar-refractivity contribution < 1.29 is 9.90 Å². The number of nitrogens with zero attached hydrogens (tertiary/aromatic N) is 2. The number of fused-ring (bicyclic) bond motifs is 2. The number of carbonyl (C=O) groups is 1. The SMILES string of the molecule is CC(O)CNc1nc2c(s1)CN(C(=O)c1cc3ccccc3[nH]1)CC2. The fourth-order valence-corrected chi connectivity index (χ4v) is 4.07. The molecule has 1 aromatic carbocycles. The summed E-state index contributed by atoms with van der Waals surface area (Å²) in [6, 6.07) is 9.81. The van der Waals surface area contributed by atoms with Gasteiger partial charge in [0.05, 0.1) is 18.3 Å². The summed E-state index contributed by atoms with van der Waals surface area (Å²) in [7, 11) is 0. The third-order valence-corrected chi connectivity index (χ3v) is 5.37. The van der Waals surface area contributed by atoms with E-state index >= 15 is 0 Å². The van der Waals surface area contributed by atoms with Gasteiger partial charge in [-0.3, -0.25) is 4.79 Å². The van der Waals surface area contributed by atoms with Crippen molar-refractivity contribution in [1.82, 2.24) is 14.9 Å². The number of aromatic nitrogens is 2. The summed E-state index contributed by atoms with van der Waals surface area (Å²) in [5, 5.41) is 14.4. The van der Waals surface area contributed by atoms with Gasteiger partial charge in [0.1, 0.15) is 5.69 Å². The molecule has 1 unspecified atom stereocenters. The van der Waals surface area contributed by atoms with E-state index in [0.717, 1.165) is 33.0 Å². The maximum atomic E-state index is 12.8. The Kier molecular flexibility index (Phi) is 4.19. The van der Waals surface area contributed by atoms with Crippen molar-refractivity contribution in [3.05, 3.63) is 46.6 Å². The molecule has 2 aromatic heterocycles.